The summed E-state index contributed by atoms with van der Waals surface area (Å²) in [5.41, 5.74) is 2.67. The number of benzene rings is 2. The second-order valence-electron chi connectivity index (χ2n) is 8.02. The van der Waals surface area contributed by atoms with Crippen LogP contribution >= 0.6 is 0 Å². The van der Waals surface area contributed by atoms with Gasteiger partial charge in [-0.15, -0.1) is 0 Å². The van der Waals surface area contributed by atoms with Crippen LogP contribution < -0.4 is 10.6 Å². The molecule has 1 fully saturated rings. The summed E-state index contributed by atoms with van der Waals surface area (Å²) < 4.78 is 0. The number of amides is 1. The molecule has 0 radical (unpaired) electrons. The van der Waals surface area contributed by atoms with Crippen molar-refractivity contribution in [1.82, 2.24) is 20.4 Å². The molecule has 1 unspecified atom stereocenters. The molecule has 0 saturated carbocycles. The molecule has 1 saturated heterocycles. The Bertz CT molecular complexity index is 816. The maximum Gasteiger partial charge on any atom is 0.219 e. The highest BCUT2D eigenvalue weighted by atomic mass is 16.2. The van der Waals surface area contributed by atoms with Crippen molar-refractivity contribution in [2.24, 2.45) is 4.99 Å². The summed E-state index contributed by atoms with van der Waals surface area (Å²) in [4.78, 5) is 20.2. The van der Waals surface area contributed by atoms with Crippen molar-refractivity contribution in [2.75, 3.05) is 52.9 Å². The van der Waals surface area contributed by atoms with E-state index in [-0.39, 0.29) is 5.91 Å². The minimum atomic E-state index is 0.172. The first kappa shape index (κ1) is 22.8. The summed E-state index contributed by atoms with van der Waals surface area (Å²) in [7, 11) is 1.82. The number of carbonyl (C=O) groups is 1. The Labute approximate surface area is 186 Å². The Morgan fingerprint density at radius 1 is 0.968 bits per heavy atom. The van der Waals surface area contributed by atoms with Crippen LogP contribution in [0.25, 0.3) is 0 Å². The van der Waals surface area contributed by atoms with E-state index in [1.807, 2.05) is 11.9 Å². The van der Waals surface area contributed by atoms with Gasteiger partial charge in [-0.25, -0.2) is 0 Å². The zero-order valence-corrected chi connectivity index (χ0v) is 18.8. The quantitative estimate of drug-likeness (QED) is 0.507. The van der Waals surface area contributed by atoms with Gasteiger partial charge in [-0.3, -0.25) is 14.7 Å². The van der Waals surface area contributed by atoms with Gasteiger partial charge in [0.2, 0.25) is 5.91 Å². The van der Waals surface area contributed by atoms with Crippen LogP contribution in [-0.4, -0.2) is 74.5 Å². The first-order chi connectivity index (χ1) is 15.2. The van der Waals surface area contributed by atoms with Gasteiger partial charge in [0, 0.05) is 65.7 Å². The van der Waals surface area contributed by atoms with Gasteiger partial charge in [-0.2, -0.15) is 0 Å². The fraction of sp³-hybridized carbons (Fsp3) is 0.440. The van der Waals surface area contributed by atoms with Crippen LogP contribution in [0.3, 0.4) is 0 Å². The second kappa shape index (κ2) is 12.1. The lowest BCUT2D eigenvalue weighted by Crippen LogP contribution is -2.50. The van der Waals surface area contributed by atoms with E-state index in [0.717, 1.165) is 58.2 Å². The van der Waals surface area contributed by atoms with E-state index < -0.39 is 0 Å². The minimum absolute atomic E-state index is 0.172. The largest absolute Gasteiger partial charge is 0.356 e. The van der Waals surface area contributed by atoms with Crippen LogP contribution in [0.1, 0.15) is 24.0 Å². The molecule has 1 atom stereocenters. The molecule has 1 aliphatic rings. The normalized spacial score (nSPS) is 16.1. The zero-order chi connectivity index (χ0) is 21.9. The van der Waals surface area contributed by atoms with Gasteiger partial charge < -0.3 is 15.5 Å². The Kier molecular flexibility index (Phi) is 8.91. The molecule has 2 N–H and O–H groups in total. The fourth-order valence-electron chi connectivity index (χ4n) is 3.99. The molecule has 1 amide bonds. The van der Waals surface area contributed by atoms with Crippen LogP contribution in [0.5, 0.6) is 0 Å². The molecule has 0 bridgehead atoms. The number of hydrogen-bond donors (Lipinski definition) is 2. The van der Waals surface area contributed by atoms with Crippen molar-refractivity contribution < 1.29 is 4.79 Å². The van der Waals surface area contributed by atoms with E-state index in [9.17, 15) is 4.79 Å². The Hall–Kier alpha value is -2.86. The lowest BCUT2D eigenvalue weighted by Gasteiger charge is -2.34. The van der Waals surface area contributed by atoms with E-state index in [4.69, 9.17) is 0 Å². The third-order valence-electron chi connectivity index (χ3n) is 5.87. The second-order valence-corrected chi connectivity index (χ2v) is 8.02. The SMILES string of the molecule is CN=C(NCCN1CCN(C(C)=O)CC1)NCC(Cc1ccccc1)c1ccccc1. The number of nitrogens with zero attached hydrogens (tertiary/aromatic N) is 3. The van der Waals surface area contributed by atoms with Gasteiger partial charge >= 0.3 is 0 Å². The number of piperazine rings is 1. The molecule has 0 aromatic heterocycles. The zero-order valence-electron chi connectivity index (χ0n) is 18.8. The average Bonchev–Trinajstić information content (AvgIpc) is 2.82. The van der Waals surface area contributed by atoms with Crippen LogP contribution in [0.4, 0.5) is 0 Å². The Balaban J connectivity index is 1.47. The molecular formula is C25H35N5O. The molecule has 1 heterocycles. The van der Waals surface area contributed by atoms with Gasteiger partial charge in [-0.05, 0) is 17.5 Å². The van der Waals surface area contributed by atoms with E-state index in [2.05, 4.69) is 81.2 Å². The standard InChI is InChI=1S/C25H35N5O/c1-21(31)30-17-15-29(16-18-30)14-13-27-25(26-2)28-20-24(23-11-7-4-8-12-23)19-22-9-5-3-6-10-22/h3-12,24H,13-20H2,1-2H3,(H2,26,27,28). The highest BCUT2D eigenvalue weighted by molar-refractivity contribution is 5.79. The van der Waals surface area contributed by atoms with Crippen LogP contribution in [0.2, 0.25) is 0 Å². The average molecular weight is 422 g/mol. The van der Waals surface area contributed by atoms with Gasteiger partial charge in [0.15, 0.2) is 5.96 Å². The molecule has 2 aromatic carbocycles. The first-order valence-electron chi connectivity index (χ1n) is 11.2. The summed E-state index contributed by atoms with van der Waals surface area (Å²) in [6.45, 7) is 7.73. The maximum atomic E-state index is 11.5. The predicted molar refractivity (Wildman–Crippen MR) is 127 cm³/mol. The summed E-state index contributed by atoms with van der Waals surface area (Å²) in [6, 6.07) is 21.3. The molecular weight excluding hydrogens is 386 g/mol. The topological polar surface area (TPSA) is 60.0 Å². The van der Waals surface area contributed by atoms with Crippen molar-refractivity contribution in [3.63, 3.8) is 0 Å². The first-order valence-corrected chi connectivity index (χ1v) is 11.2. The van der Waals surface area contributed by atoms with Crippen molar-refractivity contribution in [3.05, 3.63) is 71.8 Å². The number of hydrogen-bond acceptors (Lipinski definition) is 3. The molecule has 0 aliphatic carbocycles. The number of rotatable bonds is 8. The molecule has 3 rings (SSSR count). The Morgan fingerprint density at radius 3 is 2.23 bits per heavy atom. The van der Waals surface area contributed by atoms with Crippen molar-refractivity contribution >= 4 is 11.9 Å². The highest BCUT2D eigenvalue weighted by Crippen LogP contribution is 2.20. The van der Waals surface area contributed by atoms with Gasteiger partial charge in [0.05, 0.1) is 0 Å². The van der Waals surface area contributed by atoms with E-state index in [1.165, 1.54) is 11.1 Å². The number of guanidine groups is 1. The van der Waals surface area contributed by atoms with E-state index in [0.29, 0.717) is 5.92 Å². The molecule has 31 heavy (non-hydrogen) atoms. The lowest BCUT2D eigenvalue weighted by molar-refractivity contribution is -0.130. The fourth-order valence-corrected chi connectivity index (χ4v) is 3.99. The highest BCUT2D eigenvalue weighted by Gasteiger charge is 2.18. The molecule has 166 valence electrons. The molecule has 2 aromatic rings. The molecule has 0 spiro atoms. The van der Waals surface area contributed by atoms with Gasteiger partial charge in [-0.1, -0.05) is 60.7 Å². The summed E-state index contributed by atoms with van der Waals surface area (Å²) >= 11 is 0. The smallest absolute Gasteiger partial charge is 0.219 e. The van der Waals surface area contributed by atoms with Gasteiger partial charge in [0.25, 0.3) is 0 Å². The maximum absolute atomic E-state index is 11.5. The summed E-state index contributed by atoms with van der Waals surface area (Å²) in [6.07, 6.45) is 0.981. The van der Waals surface area contributed by atoms with E-state index >= 15 is 0 Å². The summed E-state index contributed by atoms with van der Waals surface area (Å²) in [5.74, 6) is 1.36. The van der Waals surface area contributed by atoms with Crippen LogP contribution in [0, 0.1) is 0 Å². The Morgan fingerprint density at radius 2 is 1.61 bits per heavy atom. The lowest BCUT2D eigenvalue weighted by atomic mass is 9.92. The van der Waals surface area contributed by atoms with Crippen molar-refractivity contribution in [2.45, 2.75) is 19.3 Å². The third-order valence-corrected chi connectivity index (χ3v) is 5.87. The third kappa shape index (κ3) is 7.40. The summed E-state index contributed by atoms with van der Waals surface area (Å²) in [5, 5.41) is 6.95. The number of nitrogens with one attached hydrogen (secondary N) is 2. The van der Waals surface area contributed by atoms with Gasteiger partial charge in [0.1, 0.15) is 0 Å². The van der Waals surface area contributed by atoms with E-state index in [1.54, 1.807) is 6.92 Å². The monoisotopic (exact) mass is 421 g/mol. The van der Waals surface area contributed by atoms with Crippen LogP contribution in [-0.2, 0) is 11.2 Å². The molecule has 6 heteroatoms. The number of carbonyl (C=O) groups excluding carboxylic acids is 1. The molecule has 1 aliphatic heterocycles. The van der Waals surface area contributed by atoms with Crippen molar-refractivity contribution in [1.29, 1.82) is 0 Å². The van der Waals surface area contributed by atoms with Crippen LogP contribution in [0.15, 0.2) is 65.7 Å². The van der Waals surface area contributed by atoms with Crippen molar-refractivity contribution in [3.8, 4) is 0 Å². The minimum Gasteiger partial charge on any atom is -0.356 e. The predicted octanol–water partition coefficient (Wildman–Crippen LogP) is 2.34. The number of aliphatic imine (C=N–C) groups is 1. The molecule has 6 nitrogen and oxygen atoms in total.